The Bertz CT molecular complexity index is 680. The van der Waals surface area contributed by atoms with E-state index in [4.69, 9.17) is 9.72 Å². The van der Waals surface area contributed by atoms with E-state index < -0.39 is 5.60 Å². The molecule has 0 spiro atoms. The Kier molecular flexibility index (Phi) is 3.12. The molecule has 0 radical (unpaired) electrons. The predicted molar refractivity (Wildman–Crippen MR) is 80.0 cm³/mol. The van der Waals surface area contributed by atoms with Gasteiger partial charge in [0.1, 0.15) is 0 Å². The lowest BCUT2D eigenvalue weighted by Crippen LogP contribution is -2.38. The van der Waals surface area contributed by atoms with Gasteiger partial charge >= 0.3 is 0 Å². The molecule has 2 aliphatic heterocycles. The lowest BCUT2D eigenvalue weighted by atomic mass is 10.1. The predicted octanol–water partition coefficient (Wildman–Crippen LogP) is -0.454. The number of ether oxygens (including phenoxy) is 1. The maximum Gasteiger partial charge on any atom is 0.229 e. The zero-order valence-corrected chi connectivity index (χ0v) is 12.5. The lowest BCUT2D eigenvalue weighted by molar-refractivity contribution is 0.0839. The fourth-order valence-corrected chi connectivity index (χ4v) is 2.97. The molecule has 0 bridgehead atoms. The van der Waals surface area contributed by atoms with Gasteiger partial charge in [-0.3, -0.25) is 0 Å². The normalized spacial score (nSPS) is 26.1. The van der Waals surface area contributed by atoms with Gasteiger partial charge in [0.2, 0.25) is 11.6 Å². The van der Waals surface area contributed by atoms with Gasteiger partial charge in [0.15, 0.2) is 11.3 Å². The molecule has 118 valence electrons. The van der Waals surface area contributed by atoms with Crippen LogP contribution in [0.5, 0.6) is 0 Å². The Hall–Kier alpha value is -2.00. The zero-order valence-electron chi connectivity index (χ0n) is 12.5. The Balaban J connectivity index is 1.74. The Morgan fingerprint density at radius 1 is 1.14 bits per heavy atom. The fraction of sp³-hybridized carbons (Fsp3) is 0.692. The van der Waals surface area contributed by atoms with Crippen LogP contribution in [0.2, 0.25) is 0 Å². The van der Waals surface area contributed by atoms with E-state index in [1.807, 2.05) is 6.92 Å². The van der Waals surface area contributed by atoms with E-state index in [1.54, 1.807) is 0 Å². The number of hydrogen-bond donors (Lipinski definition) is 2. The monoisotopic (exact) mass is 305 g/mol. The standard InChI is InChI=1S/C13H19N7O2/c1-13(21)2-3-20(8-13)11-9-10(17-18-16-9)14-12(15-11)19-4-6-22-7-5-19/h21H,2-8H2,1H3,(H,14,15,16,17,18)/t13-/m1/s1. The molecule has 4 rings (SSSR count). The van der Waals surface area contributed by atoms with Gasteiger partial charge in [0.25, 0.3) is 0 Å². The Morgan fingerprint density at radius 2 is 1.95 bits per heavy atom. The number of nitrogens with zero attached hydrogens (tertiary/aromatic N) is 6. The summed E-state index contributed by atoms with van der Waals surface area (Å²) in [7, 11) is 0. The van der Waals surface area contributed by atoms with Crippen LogP contribution in [0.3, 0.4) is 0 Å². The summed E-state index contributed by atoms with van der Waals surface area (Å²) in [6.45, 7) is 6.00. The molecule has 22 heavy (non-hydrogen) atoms. The summed E-state index contributed by atoms with van der Waals surface area (Å²) in [6, 6.07) is 0. The summed E-state index contributed by atoms with van der Waals surface area (Å²) in [5.74, 6) is 1.38. The molecule has 0 aliphatic carbocycles. The van der Waals surface area contributed by atoms with Gasteiger partial charge in [0.05, 0.1) is 18.8 Å². The van der Waals surface area contributed by atoms with Crippen molar-refractivity contribution in [2.45, 2.75) is 18.9 Å². The van der Waals surface area contributed by atoms with Gasteiger partial charge in [-0.15, -0.1) is 5.10 Å². The quantitative estimate of drug-likeness (QED) is 0.768. The van der Waals surface area contributed by atoms with Gasteiger partial charge in [0, 0.05) is 26.2 Å². The molecular weight excluding hydrogens is 286 g/mol. The van der Waals surface area contributed by atoms with Crippen LogP contribution < -0.4 is 9.80 Å². The van der Waals surface area contributed by atoms with Gasteiger partial charge in [-0.25, -0.2) is 0 Å². The molecule has 0 saturated carbocycles. The summed E-state index contributed by atoms with van der Waals surface area (Å²) >= 11 is 0. The fourth-order valence-electron chi connectivity index (χ4n) is 2.97. The van der Waals surface area contributed by atoms with Crippen molar-refractivity contribution in [2.75, 3.05) is 49.2 Å². The Morgan fingerprint density at radius 3 is 2.68 bits per heavy atom. The maximum absolute atomic E-state index is 10.2. The van der Waals surface area contributed by atoms with Crippen molar-refractivity contribution in [3.05, 3.63) is 0 Å². The highest BCUT2D eigenvalue weighted by atomic mass is 16.5. The lowest BCUT2D eigenvalue weighted by Gasteiger charge is -2.28. The molecule has 0 unspecified atom stereocenters. The number of morpholine rings is 1. The number of aromatic nitrogens is 5. The topological polar surface area (TPSA) is 103 Å². The van der Waals surface area contributed by atoms with Crippen molar-refractivity contribution >= 4 is 22.9 Å². The van der Waals surface area contributed by atoms with Crippen LogP contribution in [0.15, 0.2) is 0 Å². The first-order valence-electron chi connectivity index (χ1n) is 7.51. The van der Waals surface area contributed by atoms with E-state index in [0.717, 1.165) is 25.5 Å². The number of nitrogens with one attached hydrogen (secondary N) is 1. The molecule has 2 N–H and O–H groups in total. The van der Waals surface area contributed by atoms with Crippen molar-refractivity contribution in [1.29, 1.82) is 0 Å². The highest BCUT2D eigenvalue weighted by molar-refractivity contribution is 5.84. The molecule has 1 atom stereocenters. The second kappa shape index (κ2) is 5.03. The average molecular weight is 305 g/mol. The first-order valence-corrected chi connectivity index (χ1v) is 7.51. The number of rotatable bonds is 2. The van der Waals surface area contributed by atoms with Crippen molar-refractivity contribution < 1.29 is 9.84 Å². The number of β-amino-alcohol motifs (C(OH)–C–C–N with tert-alkyl or cyclic N) is 1. The van der Waals surface area contributed by atoms with Crippen molar-refractivity contribution in [3.8, 4) is 0 Å². The number of fused-ring (bicyclic) bond motifs is 1. The molecular formula is C13H19N7O2. The summed E-state index contributed by atoms with van der Waals surface area (Å²) in [4.78, 5) is 13.3. The van der Waals surface area contributed by atoms with Crippen LogP contribution in [-0.4, -0.2) is 75.5 Å². The van der Waals surface area contributed by atoms with E-state index in [0.29, 0.717) is 43.3 Å². The maximum atomic E-state index is 10.2. The summed E-state index contributed by atoms with van der Waals surface area (Å²) in [6.07, 6.45) is 0.712. The molecule has 0 aromatic carbocycles. The van der Waals surface area contributed by atoms with Gasteiger partial charge in [-0.2, -0.15) is 20.3 Å². The van der Waals surface area contributed by atoms with Crippen LogP contribution in [0.25, 0.3) is 11.2 Å². The van der Waals surface area contributed by atoms with E-state index in [-0.39, 0.29) is 0 Å². The number of hydrogen-bond acceptors (Lipinski definition) is 8. The van der Waals surface area contributed by atoms with Crippen LogP contribution in [0, 0.1) is 0 Å². The number of H-pyrrole nitrogens is 1. The van der Waals surface area contributed by atoms with E-state index in [1.165, 1.54) is 0 Å². The first kappa shape index (κ1) is 13.6. The minimum Gasteiger partial charge on any atom is -0.388 e. The third-order valence-electron chi connectivity index (χ3n) is 4.20. The molecule has 2 fully saturated rings. The summed E-state index contributed by atoms with van der Waals surface area (Å²) in [5, 5.41) is 21.1. The van der Waals surface area contributed by atoms with Gasteiger partial charge in [-0.05, 0) is 13.3 Å². The van der Waals surface area contributed by atoms with Gasteiger partial charge < -0.3 is 19.6 Å². The SMILES string of the molecule is C[C@@]1(O)CCN(c2nc(N3CCOCC3)nc3n[nH]nc23)C1. The minimum absolute atomic E-state index is 0.536. The van der Waals surface area contributed by atoms with E-state index in [9.17, 15) is 5.11 Å². The average Bonchev–Trinajstić information content (AvgIpc) is 3.13. The highest BCUT2D eigenvalue weighted by Crippen LogP contribution is 2.30. The third kappa shape index (κ3) is 2.35. The van der Waals surface area contributed by atoms with Crippen molar-refractivity contribution in [3.63, 3.8) is 0 Å². The van der Waals surface area contributed by atoms with Crippen LogP contribution in [0.4, 0.5) is 11.8 Å². The van der Waals surface area contributed by atoms with Crippen LogP contribution in [-0.2, 0) is 4.74 Å². The Labute approximate surface area is 127 Å². The second-order valence-electron chi connectivity index (χ2n) is 6.11. The number of anilines is 2. The molecule has 4 heterocycles. The molecule has 0 amide bonds. The smallest absolute Gasteiger partial charge is 0.229 e. The summed E-state index contributed by atoms with van der Waals surface area (Å²) in [5.41, 5.74) is 0.507. The second-order valence-corrected chi connectivity index (χ2v) is 6.11. The third-order valence-corrected chi connectivity index (χ3v) is 4.20. The molecule has 2 aromatic heterocycles. The van der Waals surface area contributed by atoms with Crippen LogP contribution >= 0.6 is 0 Å². The van der Waals surface area contributed by atoms with Crippen molar-refractivity contribution in [2.24, 2.45) is 0 Å². The molecule has 2 aliphatic rings. The van der Waals surface area contributed by atoms with E-state index in [2.05, 4.69) is 30.2 Å². The number of aromatic amines is 1. The molecule has 2 saturated heterocycles. The first-order chi connectivity index (χ1) is 10.6. The zero-order chi connectivity index (χ0) is 15.2. The van der Waals surface area contributed by atoms with Gasteiger partial charge in [-0.1, -0.05) is 0 Å². The molecule has 2 aromatic rings. The highest BCUT2D eigenvalue weighted by Gasteiger charge is 2.34. The molecule has 9 heteroatoms. The molecule has 9 nitrogen and oxygen atoms in total. The van der Waals surface area contributed by atoms with Crippen LogP contribution in [0.1, 0.15) is 13.3 Å². The summed E-state index contributed by atoms with van der Waals surface area (Å²) < 4.78 is 5.38. The van der Waals surface area contributed by atoms with E-state index >= 15 is 0 Å². The largest absolute Gasteiger partial charge is 0.388 e. The minimum atomic E-state index is -0.694. The van der Waals surface area contributed by atoms with Crippen molar-refractivity contribution in [1.82, 2.24) is 25.4 Å². The number of aliphatic hydroxyl groups is 1.